The molecular formula is C12H10N2O3. The van der Waals surface area contributed by atoms with E-state index in [1.54, 1.807) is 4.57 Å². The van der Waals surface area contributed by atoms with E-state index in [2.05, 4.69) is 4.98 Å². The highest BCUT2D eigenvalue weighted by Gasteiger charge is 2.24. The first-order valence-electron chi connectivity index (χ1n) is 5.21. The van der Waals surface area contributed by atoms with Gasteiger partial charge in [-0.15, -0.1) is 0 Å². The molecule has 0 saturated carbocycles. The van der Waals surface area contributed by atoms with Crippen molar-refractivity contribution in [2.24, 2.45) is 0 Å². The van der Waals surface area contributed by atoms with Gasteiger partial charge in [-0.05, 0) is 18.6 Å². The highest BCUT2D eigenvalue weighted by Crippen LogP contribution is 2.33. The van der Waals surface area contributed by atoms with Gasteiger partial charge in [-0.1, -0.05) is 12.1 Å². The van der Waals surface area contributed by atoms with Gasteiger partial charge in [0, 0.05) is 0 Å². The summed E-state index contributed by atoms with van der Waals surface area (Å²) in [5, 5.41) is 9.00. The largest absolute Gasteiger partial charge is 0.485 e. The molecule has 86 valence electrons. The van der Waals surface area contributed by atoms with Gasteiger partial charge in [0.15, 0.2) is 5.69 Å². The van der Waals surface area contributed by atoms with Crippen molar-refractivity contribution in [3.63, 3.8) is 0 Å². The summed E-state index contributed by atoms with van der Waals surface area (Å²) >= 11 is 0. The molecule has 0 radical (unpaired) electrons. The number of rotatable bonds is 1. The van der Waals surface area contributed by atoms with E-state index in [0.29, 0.717) is 5.69 Å². The molecule has 17 heavy (non-hydrogen) atoms. The molecular weight excluding hydrogens is 220 g/mol. The van der Waals surface area contributed by atoms with E-state index >= 15 is 0 Å². The number of carboxylic acids is 1. The number of aryl methyl sites for hydroxylation is 1. The Morgan fingerprint density at radius 3 is 3.12 bits per heavy atom. The number of aromatic carboxylic acids is 1. The molecule has 2 heterocycles. The predicted molar refractivity (Wildman–Crippen MR) is 59.6 cm³/mol. The fraction of sp³-hybridized carbons (Fsp3) is 0.167. The summed E-state index contributed by atoms with van der Waals surface area (Å²) < 4.78 is 7.38. The minimum Gasteiger partial charge on any atom is -0.485 e. The van der Waals surface area contributed by atoms with Crippen LogP contribution in [0.5, 0.6) is 5.75 Å². The Labute approximate surface area is 97.3 Å². The maximum absolute atomic E-state index is 11.0. The van der Waals surface area contributed by atoms with Gasteiger partial charge in [-0.3, -0.25) is 4.57 Å². The molecule has 1 aromatic carbocycles. The van der Waals surface area contributed by atoms with Crippen LogP contribution in [0.25, 0.3) is 5.69 Å². The number of ether oxygens (including phenoxy) is 1. The number of carboxylic acid groups (broad SMARTS) is 1. The van der Waals surface area contributed by atoms with E-state index < -0.39 is 5.97 Å². The minimum atomic E-state index is -1.03. The van der Waals surface area contributed by atoms with Gasteiger partial charge in [-0.25, -0.2) is 9.78 Å². The molecule has 5 nitrogen and oxygen atoms in total. The molecule has 0 fully saturated rings. The fourth-order valence-corrected chi connectivity index (χ4v) is 2.05. The van der Waals surface area contributed by atoms with E-state index in [1.807, 2.05) is 25.1 Å². The second-order valence-corrected chi connectivity index (χ2v) is 3.93. The Bertz CT molecular complexity index is 616. The average molecular weight is 230 g/mol. The number of carbonyl (C=O) groups is 1. The first-order valence-corrected chi connectivity index (χ1v) is 5.21. The summed E-state index contributed by atoms with van der Waals surface area (Å²) in [6, 6.07) is 5.75. The monoisotopic (exact) mass is 230 g/mol. The first-order chi connectivity index (χ1) is 8.18. The van der Waals surface area contributed by atoms with Crippen molar-refractivity contribution in [2.45, 2.75) is 13.5 Å². The maximum Gasteiger partial charge on any atom is 0.356 e. The lowest BCUT2D eigenvalue weighted by atomic mass is 10.1. The summed E-state index contributed by atoms with van der Waals surface area (Å²) in [6.07, 6.45) is 1.53. The summed E-state index contributed by atoms with van der Waals surface area (Å²) in [4.78, 5) is 14.9. The van der Waals surface area contributed by atoms with Crippen molar-refractivity contribution >= 4 is 5.97 Å². The smallest absolute Gasteiger partial charge is 0.356 e. The molecule has 1 aromatic heterocycles. The Morgan fingerprint density at radius 2 is 2.35 bits per heavy atom. The quantitative estimate of drug-likeness (QED) is 0.810. The number of benzene rings is 1. The van der Waals surface area contributed by atoms with Crippen LogP contribution >= 0.6 is 0 Å². The zero-order valence-corrected chi connectivity index (χ0v) is 9.17. The molecule has 1 aliphatic rings. The number of hydrogen-bond donors (Lipinski definition) is 1. The van der Waals surface area contributed by atoms with Crippen LogP contribution in [0, 0.1) is 6.92 Å². The second kappa shape index (κ2) is 3.35. The SMILES string of the molecule is Cc1cccc2c1OCc1c(C(=O)O)ncn1-2. The van der Waals surface area contributed by atoms with E-state index in [4.69, 9.17) is 9.84 Å². The Hall–Kier alpha value is -2.30. The van der Waals surface area contributed by atoms with Crippen LogP contribution in [0.2, 0.25) is 0 Å². The van der Waals surface area contributed by atoms with Crippen molar-refractivity contribution in [3.8, 4) is 11.4 Å². The van der Waals surface area contributed by atoms with Crippen molar-refractivity contribution in [1.29, 1.82) is 0 Å². The fourth-order valence-electron chi connectivity index (χ4n) is 2.05. The molecule has 2 aromatic rings. The van der Waals surface area contributed by atoms with Crippen LogP contribution in [-0.4, -0.2) is 20.6 Å². The molecule has 0 spiro atoms. The summed E-state index contributed by atoms with van der Waals surface area (Å²) in [5.74, 6) is -0.243. The van der Waals surface area contributed by atoms with E-state index in [0.717, 1.165) is 17.0 Å². The molecule has 0 atom stereocenters. The van der Waals surface area contributed by atoms with Crippen LogP contribution in [0.3, 0.4) is 0 Å². The van der Waals surface area contributed by atoms with Gasteiger partial charge >= 0.3 is 5.97 Å². The average Bonchev–Trinajstić information content (AvgIpc) is 2.73. The lowest BCUT2D eigenvalue weighted by Crippen LogP contribution is -2.15. The molecule has 0 bridgehead atoms. The molecule has 0 saturated heterocycles. The topological polar surface area (TPSA) is 64.3 Å². The van der Waals surface area contributed by atoms with Crippen LogP contribution < -0.4 is 4.74 Å². The third-order valence-corrected chi connectivity index (χ3v) is 2.87. The minimum absolute atomic E-state index is 0.0529. The lowest BCUT2D eigenvalue weighted by molar-refractivity contribution is 0.0687. The van der Waals surface area contributed by atoms with Crippen LogP contribution in [0.15, 0.2) is 24.5 Å². The van der Waals surface area contributed by atoms with Crippen molar-refractivity contribution in [1.82, 2.24) is 9.55 Å². The Balaban J connectivity index is 2.25. The summed E-state index contributed by atoms with van der Waals surface area (Å²) in [5.41, 5.74) is 2.50. The van der Waals surface area contributed by atoms with Gasteiger partial charge in [0.2, 0.25) is 0 Å². The van der Waals surface area contributed by atoms with E-state index in [-0.39, 0.29) is 12.3 Å². The van der Waals surface area contributed by atoms with Gasteiger partial charge in [-0.2, -0.15) is 0 Å². The zero-order valence-electron chi connectivity index (χ0n) is 9.17. The van der Waals surface area contributed by atoms with Crippen molar-refractivity contribution in [2.75, 3.05) is 0 Å². The zero-order chi connectivity index (χ0) is 12.0. The second-order valence-electron chi connectivity index (χ2n) is 3.93. The number of imidazole rings is 1. The van der Waals surface area contributed by atoms with E-state index in [1.165, 1.54) is 6.33 Å². The Kier molecular flexibility index (Phi) is 1.95. The van der Waals surface area contributed by atoms with Gasteiger partial charge in [0.25, 0.3) is 0 Å². The highest BCUT2D eigenvalue weighted by molar-refractivity contribution is 5.87. The molecule has 1 N–H and O–H groups in total. The molecule has 0 unspecified atom stereocenters. The third kappa shape index (κ3) is 1.32. The molecule has 1 aliphatic heterocycles. The van der Waals surface area contributed by atoms with Gasteiger partial charge in [0.05, 0.1) is 11.4 Å². The number of aromatic nitrogens is 2. The molecule has 0 aliphatic carbocycles. The molecule has 3 rings (SSSR count). The number of fused-ring (bicyclic) bond motifs is 3. The van der Waals surface area contributed by atoms with Gasteiger partial charge in [0.1, 0.15) is 18.7 Å². The maximum atomic E-state index is 11.0. The van der Waals surface area contributed by atoms with Gasteiger partial charge < -0.3 is 9.84 Å². The lowest BCUT2D eigenvalue weighted by Gasteiger charge is -2.21. The Morgan fingerprint density at radius 1 is 1.53 bits per heavy atom. The number of nitrogens with zero attached hydrogens (tertiary/aromatic N) is 2. The summed E-state index contributed by atoms with van der Waals surface area (Å²) in [7, 11) is 0. The number of para-hydroxylation sites is 1. The van der Waals surface area contributed by atoms with Crippen LogP contribution in [-0.2, 0) is 6.61 Å². The van der Waals surface area contributed by atoms with E-state index in [9.17, 15) is 4.79 Å². The normalized spacial score (nSPS) is 12.5. The summed E-state index contributed by atoms with van der Waals surface area (Å²) in [6.45, 7) is 2.19. The third-order valence-electron chi connectivity index (χ3n) is 2.87. The van der Waals surface area contributed by atoms with Crippen molar-refractivity contribution in [3.05, 3.63) is 41.5 Å². The van der Waals surface area contributed by atoms with Crippen LogP contribution in [0.1, 0.15) is 21.7 Å². The molecule has 5 heteroatoms. The number of hydrogen-bond acceptors (Lipinski definition) is 3. The first kappa shape index (κ1) is 9.89. The van der Waals surface area contributed by atoms with Crippen molar-refractivity contribution < 1.29 is 14.6 Å². The highest BCUT2D eigenvalue weighted by atomic mass is 16.5. The predicted octanol–water partition coefficient (Wildman–Crippen LogP) is 1.77. The molecule has 0 amide bonds. The standard InChI is InChI=1S/C12H10N2O3/c1-7-3-2-4-8-11(7)17-5-9-10(12(15)16)13-6-14(8)9/h2-4,6H,5H2,1H3,(H,15,16). The van der Waals surface area contributed by atoms with Crippen LogP contribution in [0.4, 0.5) is 0 Å².